The van der Waals surface area contributed by atoms with Crippen LogP contribution in [0.5, 0.6) is 0 Å². The molecule has 0 aliphatic heterocycles. The van der Waals surface area contributed by atoms with E-state index in [1.807, 2.05) is 38.2 Å². The van der Waals surface area contributed by atoms with Crippen molar-refractivity contribution in [3.63, 3.8) is 0 Å². The fourth-order valence-electron chi connectivity index (χ4n) is 1.70. The summed E-state index contributed by atoms with van der Waals surface area (Å²) in [6.07, 6.45) is 0. The molecule has 2 N–H and O–H groups in total. The lowest BCUT2D eigenvalue weighted by Gasteiger charge is -2.13. The number of benzene rings is 2. The number of nitrogens with one attached hydrogen (secondary N) is 2. The van der Waals surface area contributed by atoms with Crippen LogP contribution in [-0.4, -0.2) is 7.05 Å². The molecular weight excluding hydrogens is 215 g/mol. The summed E-state index contributed by atoms with van der Waals surface area (Å²) in [4.78, 5) is 0. The van der Waals surface area contributed by atoms with Crippen LogP contribution in [0.15, 0.2) is 42.5 Å². The van der Waals surface area contributed by atoms with E-state index in [0.717, 1.165) is 22.6 Å². The Morgan fingerprint density at radius 1 is 0.941 bits per heavy atom. The lowest BCUT2D eigenvalue weighted by molar-refractivity contribution is 0.628. The average Bonchev–Trinajstić information content (AvgIpc) is 2.32. The monoisotopic (exact) mass is 230 g/mol. The van der Waals surface area contributed by atoms with Gasteiger partial charge in [0.1, 0.15) is 5.82 Å². The second-order valence-corrected chi connectivity index (χ2v) is 3.88. The molecule has 0 amide bonds. The summed E-state index contributed by atoms with van der Waals surface area (Å²) in [6.45, 7) is 2.01. The molecule has 88 valence electrons. The molecule has 0 aromatic heterocycles. The van der Waals surface area contributed by atoms with Crippen LogP contribution in [0.3, 0.4) is 0 Å². The van der Waals surface area contributed by atoms with Gasteiger partial charge in [-0.05, 0) is 36.8 Å². The highest BCUT2D eigenvalue weighted by atomic mass is 19.1. The van der Waals surface area contributed by atoms with Crippen LogP contribution in [0, 0.1) is 12.7 Å². The molecule has 2 aromatic rings. The molecule has 0 aliphatic carbocycles. The lowest BCUT2D eigenvalue weighted by atomic mass is 10.2. The first-order valence-electron chi connectivity index (χ1n) is 5.50. The van der Waals surface area contributed by atoms with Gasteiger partial charge in [-0.15, -0.1) is 0 Å². The molecule has 2 nitrogen and oxygen atoms in total. The number of para-hydroxylation sites is 1. The molecule has 0 spiro atoms. The van der Waals surface area contributed by atoms with Crippen molar-refractivity contribution < 1.29 is 4.39 Å². The van der Waals surface area contributed by atoms with Gasteiger partial charge in [0, 0.05) is 12.7 Å². The second-order valence-electron chi connectivity index (χ2n) is 3.88. The smallest absolute Gasteiger partial charge is 0.125 e. The van der Waals surface area contributed by atoms with E-state index in [1.54, 1.807) is 6.07 Å². The lowest BCUT2D eigenvalue weighted by Crippen LogP contribution is -1.98. The van der Waals surface area contributed by atoms with Gasteiger partial charge in [0.15, 0.2) is 0 Å². The third-order valence-corrected chi connectivity index (χ3v) is 2.67. The first kappa shape index (κ1) is 11.5. The molecule has 0 fully saturated rings. The third kappa shape index (κ3) is 2.56. The molecule has 0 atom stereocenters. The van der Waals surface area contributed by atoms with Crippen molar-refractivity contribution in [2.45, 2.75) is 6.92 Å². The predicted octanol–water partition coefficient (Wildman–Crippen LogP) is 3.92. The maximum atomic E-state index is 13.2. The summed E-state index contributed by atoms with van der Waals surface area (Å²) in [5.41, 5.74) is 3.71. The van der Waals surface area contributed by atoms with Crippen LogP contribution < -0.4 is 10.6 Å². The topological polar surface area (TPSA) is 24.1 Å². The number of halogens is 1. The van der Waals surface area contributed by atoms with Crippen molar-refractivity contribution in [1.82, 2.24) is 0 Å². The third-order valence-electron chi connectivity index (χ3n) is 2.67. The number of rotatable bonds is 3. The van der Waals surface area contributed by atoms with E-state index in [-0.39, 0.29) is 5.82 Å². The summed E-state index contributed by atoms with van der Waals surface area (Å²) in [5, 5.41) is 6.26. The molecule has 0 heterocycles. The number of aryl methyl sites for hydroxylation is 1. The first-order chi connectivity index (χ1) is 8.20. The van der Waals surface area contributed by atoms with Gasteiger partial charge in [0.05, 0.1) is 11.4 Å². The summed E-state index contributed by atoms with van der Waals surface area (Å²) < 4.78 is 13.2. The highest BCUT2D eigenvalue weighted by Crippen LogP contribution is 2.27. The van der Waals surface area contributed by atoms with E-state index in [0.29, 0.717) is 0 Å². The van der Waals surface area contributed by atoms with Crippen molar-refractivity contribution in [1.29, 1.82) is 0 Å². The minimum Gasteiger partial charge on any atom is -0.386 e. The maximum Gasteiger partial charge on any atom is 0.125 e. The highest BCUT2D eigenvalue weighted by molar-refractivity contribution is 5.75. The van der Waals surface area contributed by atoms with Crippen LogP contribution in [0.2, 0.25) is 0 Å². The molecule has 2 aromatic carbocycles. The van der Waals surface area contributed by atoms with Crippen molar-refractivity contribution in [3.05, 3.63) is 53.8 Å². The van der Waals surface area contributed by atoms with Gasteiger partial charge in [-0.2, -0.15) is 0 Å². The SMILES string of the molecule is CNc1ccc(F)cc1Nc1ccccc1C. The van der Waals surface area contributed by atoms with Crippen molar-refractivity contribution >= 4 is 17.1 Å². The van der Waals surface area contributed by atoms with E-state index in [9.17, 15) is 4.39 Å². The second kappa shape index (κ2) is 4.87. The van der Waals surface area contributed by atoms with Gasteiger partial charge in [0.25, 0.3) is 0 Å². The molecule has 0 aliphatic rings. The molecule has 0 saturated carbocycles. The zero-order valence-electron chi connectivity index (χ0n) is 9.92. The molecule has 3 heteroatoms. The van der Waals surface area contributed by atoms with E-state index >= 15 is 0 Å². The zero-order valence-corrected chi connectivity index (χ0v) is 9.92. The molecule has 2 rings (SSSR count). The summed E-state index contributed by atoms with van der Waals surface area (Å²) >= 11 is 0. The van der Waals surface area contributed by atoms with Gasteiger partial charge in [0.2, 0.25) is 0 Å². The van der Waals surface area contributed by atoms with Gasteiger partial charge in [-0.1, -0.05) is 18.2 Å². The van der Waals surface area contributed by atoms with Crippen LogP contribution in [0.4, 0.5) is 21.5 Å². The van der Waals surface area contributed by atoms with E-state index in [4.69, 9.17) is 0 Å². The fourth-order valence-corrected chi connectivity index (χ4v) is 1.70. The summed E-state index contributed by atoms with van der Waals surface area (Å²) in [7, 11) is 1.82. The Labute approximate surface area is 100 Å². The minimum atomic E-state index is -0.250. The fraction of sp³-hybridized carbons (Fsp3) is 0.143. The maximum absolute atomic E-state index is 13.2. The molecule has 0 bridgehead atoms. The van der Waals surface area contributed by atoms with Gasteiger partial charge in [-0.25, -0.2) is 4.39 Å². The Morgan fingerprint density at radius 2 is 1.71 bits per heavy atom. The van der Waals surface area contributed by atoms with E-state index < -0.39 is 0 Å². The number of hydrogen-bond donors (Lipinski definition) is 2. The van der Waals surface area contributed by atoms with Gasteiger partial charge in [-0.3, -0.25) is 0 Å². The van der Waals surface area contributed by atoms with Gasteiger partial charge < -0.3 is 10.6 Å². The number of hydrogen-bond acceptors (Lipinski definition) is 2. The quantitative estimate of drug-likeness (QED) is 0.835. The van der Waals surface area contributed by atoms with E-state index in [2.05, 4.69) is 10.6 Å². The van der Waals surface area contributed by atoms with Crippen molar-refractivity contribution in [3.8, 4) is 0 Å². The average molecular weight is 230 g/mol. The van der Waals surface area contributed by atoms with Crippen LogP contribution in [0.25, 0.3) is 0 Å². The summed E-state index contributed by atoms with van der Waals surface area (Å²) in [6, 6.07) is 12.6. The first-order valence-corrected chi connectivity index (χ1v) is 5.50. The van der Waals surface area contributed by atoms with Gasteiger partial charge >= 0.3 is 0 Å². The van der Waals surface area contributed by atoms with Crippen LogP contribution >= 0.6 is 0 Å². The predicted molar refractivity (Wildman–Crippen MR) is 70.4 cm³/mol. The molecule has 0 radical (unpaired) electrons. The van der Waals surface area contributed by atoms with Crippen LogP contribution in [-0.2, 0) is 0 Å². The van der Waals surface area contributed by atoms with Crippen molar-refractivity contribution in [2.24, 2.45) is 0 Å². The highest BCUT2D eigenvalue weighted by Gasteiger charge is 2.04. The molecular formula is C14H15FN2. The Bertz CT molecular complexity index is 523. The summed E-state index contributed by atoms with van der Waals surface area (Å²) in [5.74, 6) is -0.250. The molecule has 0 saturated heterocycles. The van der Waals surface area contributed by atoms with E-state index in [1.165, 1.54) is 12.1 Å². The number of anilines is 3. The Hall–Kier alpha value is -2.03. The van der Waals surface area contributed by atoms with Crippen molar-refractivity contribution in [2.75, 3.05) is 17.7 Å². The minimum absolute atomic E-state index is 0.250. The standard InChI is InChI=1S/C14H15FN2/c1-10-5-3-4-6-12(10)17-14-9-11(15)7-8-13(14)16-2/h3-9,16-17H,1-2H3. The normalized spacial score (nSPS) is 10.1. The Morgan fingerprint density at radius 3 is 2.41 bits per heavy atom. The Kier molecular flexibility index (Phi) is 3.28. The van der Waals surface area contributed by atoms with Crippen LogP contribution in [0.1, 0.15) is 5.56 Å². The Balaban J connectivity index is 2.35. The molecule has 17 heavy (non-hydrogen) atoms. The molecule has 0 unspecified atom stereocenters. The largest absolute Gasteiger partial charge is 0.386 e. The zero-order chi connectivity index (χ0) is 12.3.